The molecule has 4 heteroatoms. The Balaban J connectivity index is 2.08. The molecule has 1 saturated carbocycles. The van der Waals surface area contributed by atoms with E-state index in [2.05, 4.69) is 17.2 Å². The molecule has 0 aromatic carbocycles. The zero-order valence-electron chi connectivity index (χ0n) is 12.1. The molecule has 0 radical (unpaired) electrons. The van der Waals surface area contributed by atoms with Crippen LogP contribution in [0.25, 0.3) is 0 Å². The van der Waals surface area contributed by atoms with Gasteiger partial charge in [0, 0.05) is 24.3 Å². The molecule has 1 aromatic rings. The Labute approximate surface area is 115 Å². The number of nitrogens with zero attached hydrogens (tertiary/aromatic N) is 2. The van der Waals surface area contributed by atoms with Crippen molar-refractivity contribution in [3.05, 3.63) is 28.4 Å². The number of rotatable bonds is 5. The zero-order chi connectivity index (χ0) is 13.7. The standard InChI is InChI=1S/C15H25N3O/c1-3-16-14(13-7-5-4-6-8-13)10-18-11-17-12(2)9-15(18)19/h9,11,13-14,16H,3-8,10H2,1-2H3. The third-order valence-corrected chi connectivity index (χ3v) is 4.09. The van der Waals surface area contributed by atoms with Gasteiger partial charge in [-0.3, -0.25) is 9.36 Å². The fraction of sp³-hybridized carbons (Fsp3) is 0.733. The lowest BCUT2D eigenvalue weighted by Crippen LogP contribution is -2.42. The molecule has 2 rings (SSSR count). The Morgan fingerprint density at radius 2 is 2.16 bits per heavy atom. The summed E-state index contributed by atoms with van der Waals surface area (Å²) in [5.74, 6) is 0.696. The SMILES string of the molecule is CCNC(Cn1cnc(C)cc1=O)C1CCCCC1. The van der Waals surface area contributed by atoms with Crippen LogP contribution in [0.15, 0.2) is 17.2 Å². The van der Waals surface area contributed by atoms with E-state index >= 15 is 0 Å². The minimum Gasteiger partial charge on any atom is -0.312 e. The third kappa shape index (κ3) is 3.90. The smallest absolute Gasteiger partial charge is 0.253 e. The number of aromatic nitrogens is 2. The number of likely N-dealkylation sites (N-methyl/N-ethyl adjacent to an activating group) is 1. The van der Waals surface area contributed by atoms with E-state index in [1.807, 2.05) is 6.92 Å². The quantitative estimate of drug-likeness (QED) is 0.885. The summed E-state index contributed by atoms with van der Waals surface area (Å²) in [6, 6.07) is 2.01. The summed E-state index contributed by atoms with van der Waals surface area (Å²) in [6.45, 7) is 5.68. The second-order valence-electron chi connectivity index (χ2n) is 5.58. The van der Waals surface area contributed by atoms with Crippen LogP contribution in [0.5, 0.6) is 0 Å². The minimum atomic E-state index is 0.0613. The third-order valence-electron chi connectivity index (χ3n) is 4.09. The monoisotopic (exact) mass is 263 g/mol. The Bertz CT molecular complexity index is 449. The molecule has 0 aliphatic heterocycles. The van der Waals surface area contributed by atoms with Gasteiger partial charge in [-0.1, -0.05) is 26.2 Å². The average molecular weight is 263 g/mol. The molecule has 1 unspecified atom stereocenters. The molecule has 1 aromatic heterocycles. The van der Waals surface area contributed by atoms with Crippen molar-refractivity contribution >= 4 is 0 Å². The number of hydrogen-bond donors (Lipinski definition) is 1. The molecule has 0 amide bonds. The molecule has 0 spiro atoms. The highest BCUT2D eigenvalue weighted by Crippen LogP contribution is 2.27. The summed E-state index contributed by atoms with van der Waals surface area (Å²) in [7, 11) is 0. The predicted molar refractivity (Wildman–Crippen MR) is 77.3 cm³/mol. The molecule has 0 bridgehead atoms. The van der Waals surface area contributed by atoms with Gasteiger partial charge in [-0.15, -0.1) is 0 Å². The van der Waals surface area contributed by atoms with Crippen LogP contribution in [0.2, 0.25) is 0 Å². The Hall–Kier alpha value is -1.16. The molecule has 0 saturated heterocycles. The predicted octanol–water partition coefficient (Wildman–Crippen LogP) is 2.11. The highest BCUT2D eigenvalue weighted by atomic mass is 16.1. The van der Waals surface area contributed by atoms with Crippen molar-refractivity contribution in [1.29, 1.82) is 0 Å². The first kappa shape index (κ1) is 14.3. The van der Waals surface area contributed by atoms with Crippen LogP contribution >= 0.6 is 0 Å². The fourth-order valence-electron chi connectivity index (χ4n) is 3.04. The van der Waals surface area contributed by atoms with E-state index in [0.29, 0.717) is 12.0 Å². The fourth-order valence-corrected chi connectivity index (χ4v) is 3.04. The van der Waals surface area contributed by atoms with Gasteiger partial charge in [0.25, 0.3) is 5.56 Å². The molecular formula is C15H25N3O. The van der Waals surface area contributed by atoms with Crippen LogP contribution < -0.4 is 10.9 Å². The van der Waals surface area contributed by atoms with Crippen LogP contribution in [0.4, 0.5) is 0 Å². The van der Waals surface area contributed by atoms with Gasteiger partial charge in [0.1, 0.15) is 0 Å². The second-order valence-corrected chi connectivity index (χ2v) is 5.58. The maximum atomic E-state index is 12.0. The van der Waals surface area contributed by atoms with Crippen molar-refractivity contribution in [3.63, 3.8) is 0 Å². The van der Waals surface area contributed by atoms with Gasteiger partial charge in [0.15, 0.2) is 0 Å². The van der Waals surface area contributed by atoms with Crippen molar-refractivity contribution in [2.75, 3.05) is 6.54 Å². The first-order valence-corrected chi connectivity index (χ1v) is 7.47. The van der Waals surface area contributed by atoms with Crippen molar-refractivity contribution in [2.24, 2.45) is 5.92 Å². The number of hydrogen-bond acceptors (Lipinski definition) is 3. The lowest BCUT2D eigenvalue weighted by Gasteiger charge is -2.31. The highest BCUT2D eigenvalue weighted by molar-refractivity contribution is 4.96. The highest BCUT2D eigenvalue weighted by Gasteiger charge is 2.23. The summed E-state index contributed by atoms with van der Waals surface area (Å²) < 4.78 is 1.74. The Morgan fingerprint density at radius 3 is 2.79 bits per heavy atom. The van der Waals surface area contributed by atoms with Gasteiger partial charge in [-0.05, 0) is 32.2 Å². The molecule has 106 valence electrons. The number of nitrogens with one attached hydrogen (secondary N) is 1. The lowest BCUT2D eigenvalue weighted by atomic mass is 9.84. The van der Waals surface area contributed by atoms with Crippen molar-refractivity contribution < 1.29 is 0 Å². The maximum absolute atomic E-state index is 12.0. The van der Waals surface area contributed by atoms with E-state index in [9.17, 15) is 4.79 Å². The van der Waals surface area contributed by atoms with Crippen LogP contribution in [0, 0.1) is 12.8 Å². The van der Waals surface area contributed by atoms with E-state index in [-0.39, 0.29) is 5.56 Å². The van der Waals surface area contributed by atoms with E-state index in [1.165, 1.54) is 32.1 Å². The Morgan fingerprint density at radius 1 is 1.42 bits per heavy atom. The van der Waals surface area contributed by atoms with Gasteiger partial charge in [-0.25, -0.2) is 4.98 Å². The molecule has 1 fully saturated rings. The summed E-state index contributed by atoms with van der Waals surface area (Å²) in [4.78, 5) is 16.2. The molecule has 1 aliphatic rings. The van der Waals surface area contributed by atoms with Gasteiger partial charge in [0.2, 0.25) is 0 Å². The van der Waals surface area contributed by atoms with Gasteiger partial charge >= 0.3 is 0 Å². The first-order valence-electron chi connectivity index (χ1n) is 7.47. The molecule has 1 aliphatic carbocycles. The van der Waals surface area contributed by atoms with Gasteiger partial charge < -0.3 is 5.32 Å². The second kappa shape index (κ2) is 6.85. The maximum Gasteiger partial charge on any atom is 0.253 e. The van der Waals surface area contributed by atoms with E-state index < -0.39 is 0 Å². The molecule has 4 nitrogen and oxygen atoms in total. The molecular weight excluding hydrogens is 238 g/mol. The van der Waals surface area contributed by atoms with Crippen molar-refractivity contribution in [2.45, 2.75) is 58.5 Å². The average Bonchev–Trinajstić information content (AvgIpc) is 2.42. The summed E-state index contributed by atoms with van der Waals surface area (Å²) in [5, 5.41) is 3.56. The normalized spacial score (nSPS) is 18.4. The first-order chi connectivity index (χ1) is 9.20. The summed E-state index contributed by atoms with van der Waals surface area (Å²) in [5.41, 5.74) is 0.852. The van der Waals surface area contributed by atoms with Crippen LogP contribution in [0.3, 0.4) is 0 Å². The topological polar surface area (TPSA) is 46.9 Å². The minimum absolute atomic E-state index is 0.0613. The van der Waals surface area contributed by atoms with Crippen LogP contribution in [-0.4, -0.2) is 22.1 Å². The van der Waals surface area contributed by atoms with E-state index in [4.69, 9.17) is 0 Å². The van der Waals surface area contributed by atoms with E-state index in [0.717, 1.165) is 18.8 Å². The molecule has 1 heterocycles. The van der Waals surface area contributed by atoms with Crippen LogP contribution in [0.1, 0.15) is 44.7 Å². The van der Waals surface area contributed by atoms with Gasteiger partial charge in [-0.2, -0.15) is 0 Å². The van der Waals surface area contributed by atoms with E-state index in [1.54, 1.807) is 17.0 Å². The zero-order valence-corrected chi connectivity index (χ0v) is 12.1. The van der Waals surface area contributed by atoms with Crippen LogP contribution in [-0.2, 0) is 6.54 Å². The largest absolute Gasteiger partial charge is 0.312 e. The Kier molecular flexibility index (Phi) is 5.14. The van der Waals surface area contributed by atoms with Crippen molar-refractivity contribution in [3.8, 4) is 0 Å². The van der Waals surface area contributed by atoms with Gasteiger partial charge in [0.05, 0.1) is 6.33 Å². The summed E-state index contributed by atoms with van der Waals surface area (Å²) in [6.07, 6.45) is 8.27. The summed E-state index contributed by atoms with van der Waals surface area (Å²) >= 11 is 0. The lowest BCUT2D eigenvalue weighted by molar-refractivity contribution is 0.248. The molecule has 1 N–H and O–H groups in total. The molecule has 19 heavy (non-hydrogen) atoms. The van der Waals surface area contributed by atoms with Crippen molar-refractivity contribution in [1.82, 2.24) is 14.9 Å². The number of aryl methyl sites for hydroxylation is 1. The molecule has 1 atom stereocenters.